The quantitative estimate of drug-likeness (QED) is 0.641. The van der Waals surface area contributed by atoms with Crippen LogP contribution in [-0.4, -0.2) is 19.6 Å². The molecule has 0 unspecified atom stereocenters. The van der Waals surface area contributed by atoms with Crippen LogP contribution in [-0.2, 0) is 6.42 Å². The fourth-order valence-corrected chi connectivity index (χ4v) is 1.47. The van der Waals surface area contributed by atoms with Gasteiger partial charge in [-0.15, -0.1) is 0 Å². The largest absolute Gasteiger partial charge is 0.370 e. The smallest absolute Gasteiger partial charge is 0.195 e. The first-order valence-corrected chi connectivity index (χ1v) is 6.17. The lowest BCUT2D eigenvalue weighted by Crippen LogP contribution is -2.34. The zero-order valence-electron chi connectivity index (χ0n) is 11.3. The van der Waals surface area contributed by atoms with E-state index < -0.39 is 0 Å². The maximum absolute atomic E-state index is 5.94. The summed E-state index contributed by atoms with van der Waals surface area (Å²) in [4.78, 5) is 6.28. The molecule has 0 aliphatic heterocycles. The van der Waals surface area contributed by atoms with Crippen LogP contribution in [0.5, 0.6) is 0 Å². The molecule has 0 heterocycles. The maximum atomic E-state index is 5.94. The number of benzene rings is 1. The summed E-state index contributed by atoms with van der Waals surface area (Å²) >= 11 is 0. The summed E-state index contributed by atoms with van der Waals surface area (Å²) in [6.07, 6.45) is 1.06. The predicted molar refractivity (Wildman–Crippen MR) is 75.6 cm³/mol. The Kier molecular flexibility index (Phi) is 5.01. The molecule has 0 aliphatic rings. The van der Waals surface area contributed by atoms with Crippen molar-refractivity contribution >= 4 is 11.6 Å². The minimum atomic E-state index is 0.532. The van der Waals surface area contributed by atoms with Crippen LogP contribution < -0.4 is 10.6 Å². The predicted octanol–water partition coefficient (Wildman–Crippen LogP) is 2.66. The Labute approximate surface area is 104 Å². The molecule has 1 rings (SSSR count). The van der Waals surface area contributed by atoms with E-state index in [0.29, 0.717) is 11.9 Å². The van der Waals surface area contributed by atoms with Gasteiger partial charge in [0.05, 0.1) is 0 Å². The topological polar surface area (TPSA) is 41.6 Å². The highest BCUT2D eigenvalue weighted by atomic mass is 15.2. The number of rotatable bonds is 4. The summed E-state index contributed by atoms with van der Waals surface area (Å²) in [6.45, 7) is 7.18. The number of nitrogens with zero attached hydrogens (tertiary/aromatic N) is 2. The molecule has 0 aliphatic carbocycles. The highest BCUT2D eigenvalue weighted by Gasteiger charge is 2.04. The minimum Gasteiger partial charge on any atom is -0.370 e. The van der Waals surface area contributed by atoms with Gasteiger partial charge in [-0.2, -0.15) is 0 Å². The summed E-state index contributed by atoms with van der Waals surface area (Å²) in [5.74, 6) is 1.10. The fourth-order valence-electron chi connectivity index (χ4n) is 1.47. The summed E-state index contributed by atoms with van der Waals surface area (Å²) in [7, 11) is 1.94. The molecule has 0 spiro atoms. The highest BCUT2D eigenvalue weighted by Crippen LogP contribution is 2.13. The van der Waals surface area contributed by atoms with Crippen molar-refractivity contribution in [3.8, 4) is 0 Å². The SMILES string of the molecule is CCc1ccc(N(C)C(N)=NCC(C)C)cc1. The van der Waals surface area contributed by atoms with Gasteiger partial charge < -0.3 is 10.6 Å². The summed E-state index contributed by atoms with van der Waals surface area (Å²) in [6, 6.07) is 8.41. The number of guanidine groups is 1. The number of nitrogens with two attached hydrogens (primary N) is 1. The number of anilines is 1. The molecular formula is C14H23N3. The first-order chi connectivity index (χ1) is 8.04. The molecule has 0 fully saturated rings. The van der Waals surface area contributed by atoms with Gasteiger partial charge in [-0.25, -0.2) is 0 Å². The monoisotopic (exact) mass is 233 g/mol. The lowest BCUT2D eigenvalue weighted by molar-refractivity contribution is 0.664. The third-order valence-electron chi connectivity index (χ3n) is 2.69. The van der Waals surface area contributed by atoms with E-state index in [1.807, 2.05) is 11.9 Å². The van der Waals surface area contributed by atoms with Gasteiger partial charge in [-0.05, 0) is 30.0 Å². The van der Waals surface area contributed by atoms with E-state index in [1.165, 1.54) is 5.56 Å². The summed E-state index contributed by atoms with van der Waals surface area (Å²) in [5, 5.41) is 0. The number of aryl methyl sites for hydroxylation is 1. The van der Waals surface area contributed by atoms with Crippen molar-refractivity contribution in [1.82, 2.24) is 0 Å². The second-order valence-corrected chi connectivity index (χ2v) is 4.67. The van der Waals surface area contributed by atoms with E-state index >= 15 is 0 Å². The van der Waals surface area contributed by atoms with Crippen molar-refractivity contribution in [2.75, 3.05) is 18.5 Å². The van der Waals surface area contributed by atoms with Crippen molar-refractivity contribution < 1.29 is 0 Å². The molecule has 0 saturated heterocycles. The fraction of sp³-hybridized carbons (Fsp3) is 0.500. The van der Waals surface area contributed by atoms with Gasteiger partial charge in [0.15, 0.2) is 5.96 Å². The number of hydrogen-bond donors (Lipinski definition) is 1. The molecule has 1 aromatic rings. The Morgan fingerprint density at radius 1 is 1.29 bits per heavy atom. The Balaban J connectivity index is 2.73. The second-order valence-electron chi connectivity index (χ2n) is 4.67. The van der Waals surface area contributed by atoms with Crippen LogP contribution in [0.4, 0.5) is 5.69 Å². The Hall–Kier alpha value is -1.51. The highest BCUT2D eigenvalue weighted by molar-refractivity contribution is 5.94. The Morgan fingerprint density at radius 2 is 1.88 bits per heavy atom. The molecular weight excluding hydrogens is 210 g/mol. The molecule has 17 heavy (non-hydrogen) atoms. The zero-order chi connectivity index (χ0) is 12.8. The normalized spacial score (nSPS) is 11.9. The molecule has 2 N–H and O–H groups in total. The van der Waals surface area contributed by atoms with Crippen LogP contribution in [0.15, 0.2) is 29.3 Å². The van der Waals surface area contributed by atoms with Crippen molar-refractivity contribution in [2.24, 2.45) is 16.6 Å². The lowest BCUT2D eigenvalue weighted by atomic mass is 10.1. The third-order valence-corrected chi connectivity index (χ3v) is 2.69. The molecule has 0 bridgehead atoms. The van der Waals surface area contributed by atoms with Crippen molar-refractivity contribution in [3.63, 3.8) is 0 Å². The Morgan fingerprint density at radius 3 is 2.35 bits per heavy atom. The van der Waals surface area contributed by atoms with E-state index in [2.05, 4.69) is 50.0 Å². The van der Waals surface area contributed by atoms with Crippen molar-refractivity contribution in [2.45, 2.75) is 27.2 Å². The second kappa shape index (κ2) is 6.28. The molecule has 94 valence electrons. The first-order valence-electron chi connectivity index (χ1n) is 6.17. The van der Waals surface area contributed by atoms with E-state index in [9.17, 15) is 0 Å². The summed E-state index contributed by atoms with van der Waals surface area (Å²) < 4.78 is 0. The molecule has 0 radical (unpaired) electrons. The molecule has 0 atom stereocenters. The van der Waals surface area contributed by atoms with Gasteiger partial charge in [0.25, 0.3) is 0 Å². The average Bonchev–Trinajstić information content (AvgIpc) is 2.35. The van der Waals surface area contributed by atoms with Gasteiger partial charge >= 0.3 is 0 Å². The minimum absolute atomic E-state index is 0.532. The third kappa shape index (κ3) is 4.10. The zero-order valence-corrected chi connectivity index (χ0v) is 11.3. The molecule has 3 nitrogen and oxygen atoms in total. The molecule has 1 aromatic carbocycles. The molecule has 0 saturated carbocycles. The van der Waals surface area contributed by atoms with Crippen LogP contribution in [0.3, 0.4) is 0 Å². The van der Waals surface area contributed by atoms with Gasteiger partial charge in [0, 0.05) is 19.3 Å². The van der Waals surface area contributed by atoms with Gasteiger partial charge in [-0.1, -0.05) is 32.9 Å². The summed E-state index contributed by atoms with van der Waals surface area (Å²) in [5.41, 5.74) is 8.35. The van der Waals surface area contributed by atoms with Gasteiger partial charge in [0.2, 0.25) is 0 Å². The maximum Gasteiger partial charge on any atom is 0.195 e. The standard InChI is InChI=1S/C14H23N3/c1-5-12-6-8-13(9-7-12)17(4)14(15)16-10-11(2)3/h6-9,11H,5,10H2,1-4H3,(H2,15,16). The van der Waals surface area contributed by atoms with E-state index in [4.69, 9.17) is 5.73 Å². The molecule has 0 amide bonds. The van der Waals surface area contributed by atoms with Gasteiger partial charge in [0.1, 0.15) is 0 Å². The van der Waals surface area contributed by atoms with Crippen molar-refractivity contribution in [3.05, 3.63) is 29.8 Å². The first kappa shape index (κ1) is 13.6. The Bertz CT molecular complexity index is 366. The van der Waals surface area contributed by atoms with Crippen LogP contribution in [0.25, 0.3) is 0 Å². The average molecular weight is 233 g/mol. The van der Waals surface area contributed by atoms with Crippen LogP contribution in [0.1, 0.15) is 26.3 Å². The van der Waals surface area contributed by atoms with Crippen LogP contribution in [0.2, 0.25) is 0 Å². The van der Waals surface area contributed by atoms with Crippen LogP contribution in [0, 0.1) is 5.92 Å². The molecule has 0 aromatic heterocycles. The van der Waals surface area contributed by atoms with E-state index in [1.54, 1.807) is 0 Å². The van der Waals surface area contributed by atoms with E-state index in [0.717, 1.165) is 18.7 Å². The van der Waals surface area contributed by atoms with E-state index in [-0.39, 0.29) is 0 Å². The number of hydrogen-bond acceptors (Lipinski definition) is 1. The lowest BCUT2D eigenvalue weighted by Gasteiger charge is -2.18. The molecule has 3 heteroatoms. The van der Waals surface area contributed by atoms with Gasteiger partial charge in [-0.3, -0.25) is 4.99 Å². The van der Waals surface area contributed by atoms with Crippen molar-refractivity contribution in [1.29, 1.82) is 0 Å². The number of aliphatic imine (C=N–C) groups is 1. The van der Waals surface area contributed by atoms with Crippen LogP contribution >= 0.6 is 0 Å².